The summed E-state index contributed by atoms with van der Waals surface area (Å²) in [5.74, 6) is -1.05. The predicted molar refractivity (Wildman–Crippen MR) is 49.4 cm³/mol. The van der Waals surface area contributed by atoms with E-state index in [2.05, 4.69) is 5.10 Å². The highest BCUT2D eigenvalue weighted by molar-refractivity contribution is 5.78. The van der Waals surface area contributed by atoms with Gasteiger partial charge in [0.15, 0.2) is 0 Å². The third kappa shape index (κ3) is 1.59. The van der Waals surface area contributed by atoms with E-state index in [1.54, 1.807) is 10.9 Å². The number of rotatable bonds is 3. The molecule has 72 valence electrons. The molecule has 0 amide bonds. The summed E-state index contributed by atoms with van der Waals surface area (Å²) >= 11 is 0. The Morgan fingerprint density at radius 1 is 1.43 bits per heavy atom. The molecule has 1 aromatic carbocycles. The topological polar surface area (TPSA) is 57.9 Å². The summed E-state index contributed by atoms with van der Waals surface area (Å²) in [5.41, 5.74) is 0.953. The third-order valence-corrected chi connectivity index (χ3v) is 2.08. The Balaban J connectivity index is 2.29. The van der Waals surface area contributed by atoms with Crippen LogP contribution in [-0.2, 0) is 11.3 Å². The van der Waals surface area contributed by atoms with Gasteiger partial charge in [0.05, 0.1) is 11.7 Å². The van der Waals surface area contributed by atoms with E-state index in [0.29, 0.717) is 6.54 Å². The number of nitrogens with zero attached hydrogens (tertiary/aromatic N) is 2. The van der Waals surface area contributed by atoms with Crippen molar-refractivity contribution >= 4 is 16.9 Å². The second kappa shape index (κ2) is 3.49. The van der Waals surface area contributed by atoms with Crippen LogP contribution < -0.4 is 5.11 Å². The van der Waals surface area contributed by atoms with Gasteiger partial charge in [0.25, 0.3) is 0 Å². The van der Waals surface area contributed by atoms with Crippen molar-refractivity contribution in [2.24, 2.45) is 0 Å². The lowest BCUT2D eigenvalue weighted by atomic mass is 10.2. The van der Waals surface area contributed by atoms with E-state index in [-0.39, 0.29) is 6.42 Å². The van der Waals surface area contributed by atoms with Crippen LogP contribution in [0.15, 0.2) is 30.5 Å². The van der Waals surface area contributed by atoms with Gasteiger partial charge in [-0.3, -0.25) is 4.68 Å². The molecule has 0 aliphatic carbocycles. The third-order valence-electron chi connectivity index (χ3n) is 2.08. The van der Waals surface area contributed by atoms with Crippen LogP contribution in [0.3, 0.4) is 0 Å². The molecule has 0 saturated carbocycles. The number of hydrogen-bond donors (Lipinski definition) is 0. The van der Waals surface area contributed by atoms with Gasteiger partial charge in [-0.2, -0.15) is 5.10 Å². The minimum absolute atomic E-state index is 0.00826. The van der Waals surface area contributed by atoms with Gasteiger partial charge in [-0.05, 0) is 6.07 Å². The number of carboxylic acids is 1. The van der Waals surface area contributed by atoms with Crippen LogP contribution >= 0.6 is 0 Å². The number of hydrogen-bond acceptors (Lipinski definition) is 3. The first-order valence-electron chi connectivity index (χ1n) is 4.38. The number of carbonyl (C=O) groups excluding carboxylic acids is 1. The standard InChI is InChI=1S/C10H10N2O2/c13-10(14)5-6-12-9-4-2-1-3-8(9)7-11-12/h1-4,7H,5-6H2,(H,13,14)/p-1. The number of aliphatic carboxylic acids is 1. The van der Waals surface area contributed by atoms with Gasteiger partial charge in [-0.15, -0.1) is 0 Å². The van der Waals surface area contributed by atoms with Crippen LogP contribution in [0.25, 0.3) is 10.9 Å². The van der Waals surface area contributed by atoms with Crippen molar-refractivity contribution in [3.05, 3.63) is 30.5 Å². The molecular formula is C10H9N2O2-. The molecule has 14 heavy (non-hydrogen) atoms. The minimum atomic E-state index is -1.05. The highest BCUT2D eigenvalue weighted by atomic mass is 16.4. The molecule has 4 heteroatoms. The summed E-state index contributed by atoms with van der Waals surface area (Å²) in [4.78, 5) is 10.3. The van der Waals surface area contributed by atoms with Crippen molar-refractivity contribution in [1.82, 2.24) is 9.78 Å². The fourth-order valence-corrected chi connectivity index (χ4v) is 1.40. The van der Waals surface area contributed by atoms with Crippen molar-refractivity contribution in [2.75, 3.05) is 0 Å². The molecule has 0 aliphatic rings. The fraction of sp³-hybridized carbons (Fsp3) is 0.200. The molecule has 1 heterocycles. The molecule has 0 spiro atoms. The normalized spacial score (nSPS) is 10.6. The van der Waals surface area contributed by atoms with Gasteiger partial charge in [-0.1, -0.05) is 18.2 Å². The summed E-state index contributed by atoms with van der Waals surface area (Å²) in [6.07, 6.45) is 1.72. The average molecular weight is 189 g/mol. The number of para-hydroxylation sites is 1. The summed E-state index contributed by atoms with van der Waals surface area (Å²) in [5, 5.41) is 15.4. The Hall–Kier alpha value is -1.84. The molecule has 2 aromatic rings. The molecule has 0 fully saturated rings. The van der Waals surface area contributed by atoms with Gasteiger partial charge in [0, 0.05) is 24.3 Å². The number of fused-ring (bicyclic) bond motifs is 1. The quantitative estimate of drug-likeness (QED) is 0.691. The molecule has 4 nitrogen and oxygen atoms in total. The summed E-state index contributed by atoms with van der Waals surface area (Å²) < 4.78 is 1.67. The number of aromatic nitrogens is 2. The number of carbonyl (C=O) groups is 1. The lowest BCUT2D eigenvalue weighted by molar-refractivity contribution is -0.305. The van der Waals surface area contributed by atoms with Crippen LogP contribution in [-0.4, -0.2) is 15.7 Å². The van der Waals surface area contributed by atoms with Crippen LogP contribution in [0.2, 0.25) is 0 Å². The maximum absolute atomic E-state index is 10.3. The van der Waals surface area contributed by atoms with Crippen molar-refractivity contribution < 1.29 is 9.90 Å². The maximum Gasteiger partial charge on any atom is 0.0682 e. The highest BCUT2D eigenvalue weighted by Crippen LogP contribution is 2.12. The van der Waals surface area contributed by atoms with Crippen LogP contribution in [0.5, 0.6) is 0 Å². The van der Waals surface area contributed by atoms with E-state index >= 15 is 0 Å². The Bertz CT molecular complexity index is 462. The highest BCUT2D eigenvalue weighted by Gasteiger charge is 2.00. The molecule has 0 bridgehead atoms. The van der Waals surface area contributed by atoms with E-state index in [1.807, 2.05) is 24.3 Å². The zero-order valence-electron chi connectivity index (χ0n) is 7.51. The lowest BCUT2D eigenvalue weighted by Crippen LogP contribution is -2.23. The molecule has 0 atom stereocenters. The minimum Gasteiger partial charge on any atom is -0.550 e. The number of carboxylic acid groups (broad SMARTS) is 1. The van der Waals surface area contributed by atoms with Crippen LogP contribution in [0, 0.1) is 0 Å². The second-order valence-electron chi connectivity index (χ2n) is 3.05. The SMILES string of the molecule is O=C([O-])CCn1ncc2ccccc21. The van der Waals surface area contributed by atoms with Gasteiger partial charge in [0.2, 0.25) is 0 Å². The molecule has 0 unspecified atom stereocenters. The molecule has 1 aromatic heterocycles. The smallest absolute Gasteiger partial charge is 0.0682 e. The molecule has 0 radical (unpaired) electrons. The Kier molecular flexibility index (Phi) is 2.18. The van der Waals surface area contributed by atoms with E-state index in [9.17, 15) is 9.90 Å². The zero-order chi connectivity index (χ0) is 9.97. The van der Waals surface area contributed by atoms with E-state index in [4.69, 9.17) is 0 Å². The van der Waals surface area contributed by atoms with Crippen molar-refractivity contribution in [2.45, 2.75) is 13.0 Å². The summed E-state index contributed by atoms with van der Waals surface area (Å²) in [6, 6.07) is 7.68. The Morgan fingerprint density at radius 2 is 2.21 bits per heavy atom. The number of aryl methyl sites for hydroxylation is 1. The molecule has 2 rings (SSSR count). The van der Waals surface area contributed by atoms with Gasteiger partial charge >= 0.3 is 0 Å². The van der Waals surface area contributed by atoms with E-state index in [1.165, 1.54) is 0 Å². The first kappa shape index (κ1) is 8.74. The molecule has 0 aliphatic heterocycles. The van der Waals surface area contributed by atoms with Crippen LogP contribution in [0.1, 0.15) is 6.42 Å². The molecule has 0 N–H and O–H groups in total. The van der Waals surface area contributed by atoms with E-state index < -0.39 is 5.97 Å². The lowest BCUT2D eigenvalue weighted by Gasteiger charge is -2.03. The largest absolute Gasteiger partial charge is 0.550 e. The van der Waals surface area contributed by atoms with Gasteiger partial charge < -0.3 is 9.90 Å². The van der Waals surface area contributed by atoms with Crippen molar-refractivity contribution in [3.8, 4) is 0 Å². The zero-order valence-corrected chi connectivity index (χ0v) is 7.51. The number of benzene rings is 1. The first-order valence-corrected chi connectivity index (χ1v) is 4.38. The Morgan fingerprint density at radius 3 is 3.00 bits per heavy atom. The summed E-state index contributed by atoms with van der Waals surface area (Å²) in [7, 11) is 0. The molecule has 0 saturated heterocycles. The van der Waals surface area contributed by atoms with Crippen molar-refractivity contribution in [1.29, 1.82) is 0 Å². The van der Waals surface area contributed by atoms with Crippen LogP contribution in [0.4, 0.5) is 0 Å². The monoisotopic (exact) mass is 189 g/mol. The van der Waals surface area contributed by atoms with E-state index in [0.717, 1.165) is 10.9 Å². The van der Waals surface area contributed by atoms with Gasteiger partial charge in [0.1, 0.15) is 0 Å². The van der Waals surface area contributed by atoms with Crippen molar-refractivity contribution in [3.63, 3.8) is 0 Å². The second-order valence-corrected chi connectivity index (χ2v) is 3.05. The van der Waals surface area contributed by atoms with Gasteiger partial charge in [-0.25, -0.2) is 0 Å². The average Bonchev–Trinajstić information content (AvgIpc) is 2.58. The Labute approximate surface area is 80.8 Å². The first-order chi connectivity index (χ1) is 6.77. The fourth-order valence-electron chi connectivity index (χ4n) is 1.40. The predicted octanol–water partition coefficient (Wildman–Crippen LogP) is 0.176. The molecular weight excluding hydrogens is 180 g/mol. The maximum atomic E-state index is 10.3. The summed E-state index contributed by atoms with van der Waals surface area (Å²) in [6.45, 7) is 0.357.